The van der Waals surface area contributed by atoms with Crippen molar-refractivity contribution in [2.24, 2.45) is 5.73 Å². The van der Waals surface area contributed by atoms with E-state index in [2.05, 4.69) is 16.4 Å². The van der Waals surface area contributed by atoms with E-state index < -0.39 is 11.6 Å². The number of anilines is 1. The normalized spacial score (nSPS) is 13.8. The van der Waals surface area contributed by atoms with Crippen molar-refractivity contribution in [2.75, 3.05) is 31.1 Å². The van der Waals surface area contributed by atoms with Gasteiger partial charge in [-0.2, -0.15) is 0 Å². The third-order valence-electron chi connectivity index (χ3n) is 3.83. The van der Waals surface area contributed by atoms with Crippen LogP contribution in [-0.4, -0.2) is 55.3 Å². The monoisotopic (exact) mass is 574 g/mol. The van der Waals surface area contributed by atoms with Gasteiger partial charge in [-0.15, -0.1) is 0 Å². The zero-order valence-corrected chi connectivity index (χ0v) is 18.8. The zero-order valence-electron chi connectivity index (χ0n) is 14.1. The molecule has 1 saturated heterocycles. The van der Waals surface area contributed by atoms with Gasteiger partial charge in [-0.1, -0.05) is 6.58 Å². The Morgan fingerprint density at radius 2 is 1.46 bits per heavy atom. The molecule has 1 fully saturated rings. The Morgan fingerprint density at radius 3 is 1.92 bits per heavy atom. The van der Waals surface area contributed by atoms with Crippen LogP contribution in [0.4, 0.5) is 18.9 Å². The molecule has 26 heavy (non-hydrogen) atoms. The zero-order chi connectivity index (χ0) is 19.1. The Hall–Kier alpha value is -1.36. The molecule has 3 nitrogen and oxygen atoms in total. The Kier molecular flexibility index (Phi) is 8.14. The molecule has 0 amide bonds. The number of nitrogens with zero attached hydrogens (tertiary/aromatic N) is 2. The van der Waals surface area contributed by atoms with Crippen LogP contribution in [0.2, 0.25) is 0 Å². The quantitative estimate of drug-likeness (QED) is 0.570. The first kappa shape index (κ1) is 20.9. The van der Waals surface area contributed by atoms with Gasteiger partial charge in [-0.3, -0.25) is 0 Å². The van der Waals surface area contributed by atoms with Gasteiger partial charge in [0.2, 0.25) is 0 Å². The van der Waals surface area contributed by atoms with Crippen molar-refractivity contribution in [1.29, 1.82) is 0 Å². The second-order valence-corrected chi connectivity index (χ2v) is 8.71. The van der Waals surface area contributed by atoms with Crippen LogP contribution in [0.5, 0.6) is 0 Å². The van der Waals surface area contributed by atoms with Crippen LogP contribution in [-0.2, 0) is 0 Å². The van der Waals surface area contributed by atoms with Crippen molar-refractivity contribution in [2.45, 2.75) is 4.90 Å². The Labute approximate surface area is 169 Å². The molecule has 0 spiro atoms. The van der Waals surface area contributed by atoms with E-state index in [4.69, 9.17) is 5.73 Å². The number of hydrogen-bond acceptors (Lipinski definition) is 4. The average molecular weight is 574 g/mol. The molecule has 1 aliphatic heterocycles. The van der Waals surface area contributed by atoms with Crippen LogP contribution < -0.4 is 10.6 Å². The van der Waals surface area contributed by atoms with Crippen LogP contribution in [0.1, 0.15) is 0 Å². The van der Waals surface area contributed by atoms with Crippen molar-refractivity contribution in [1.82, 2.24) is 4.90 Å². The van der Waals surface area contributed by atoms with Gasteiger partial charge >= 0.3 is 76.1 Å². The van der Waals surface area contributed by atoms with E-state index in [0.717, 1.165) is 62.2 Å². The van der Waals surface area contributed by atoms with E-state index in [9.17, 15) is 13.2 Å². The minimum atomic E-state index is -0.502. The number of benzene rings is 2. The van der Waals surface area contributed by atoms with Gasteiger partial charge in [0.05, 0.1) is 5.82 Å². The fourth-order valence-corrected chi connectivity index (χ4v) is 4.21. The van der Waals surface area contributed by atoms with E-state index in [1.54, 1.807) is 0 Å². The second kappa shape index (κ2) is 10.1. The van der Waals surface area contributed by atoms with Crippen LogP contribution in [0.25, 0.3) is 0 Å². The van der Waals surface area contributed by atoms with Crippen molar-refractivity contribution in [3.05, 3.63) is 72.3 Å². The van der Waals surface area contributed by atoms with Crippen LogP contribution in [0, 0.1) is 17.5 Å². The summed E-state index contributed by atoms with van der Waals surface area (Å²) in [6.07, 6.45) is 0. The Bertz CT molecular complexity index is 715. The average Bonchev–Trinajstić information content (AvgIpc) is 2.62. The Morgan fingerprint density at radius 1 is 0.923 bits per heavy atom. The van der Waals surface area contributed by atoms with Gasteiger partial charge in [-0.25, -0.2) is 4.39 Å². The number of halogens is 3. The fourth-order valence-electron chi connectivity index (χ4n) is 2.49. The van der Waals surface area contributed by atoms with Crippen molar-refractivity contribution < 1.29 is 13.2 Å². The van der Waals surface area contributed by atoms with E-state index in [1.807, 2.05) is 12.1 Å². The first-order chi connectivity index (χ1) is 12.4. The van der Waals surface area contributed by atoms with Crippen LogP contribution >= 0.6 is 8.31 Å². The minimum absolute atomic E-state index is 0.197. The summed E-state index contributed by atoms with van der Waals surface area (Å²) < 4.78 is 37.5. The summed E-state index contributed by atoms with van der Waals surface area (Å²) in [4.78, 5) is 4.95. The topological polar surface area (TPSA) is 32.5 Å². The third kappa shape index (κ3) is 6.42. The summed E-state index contributed by atoms with van der Waals surface area (Å²) in [5.41, 5.74) is 6.69. The standard InChI is InChI=1S/C12H16FN3.C6H4F2S.Pb/c1-10(14)15-6-8-16(9-7-15)12-4-2-11(13)3-5-12;7-4-1-5(8)3-6(9)2-4;/h2-5H,1,6-9,14H2;1-3,9H;/q;;+1/p-1. The van der Waals surface area contributed by atoms with Gasteiger partial charge in [0.25, 0.3) is 0 Å². The predicted molar refractivity (Wildman–Crippen MR) is 101 cm³/mol. The summed E-state index contributed by atoms with van der Waals surface area (Å²) in [6, 6.07) is 10.1. The Balaban J connectivity index is 0.000000209. The second-order valence-electron chi connectivity index (χ2n) is 5.65. The van der Waals surface area contributed by atoms with Gasteiger partial charge in [0, 0.05) is 31.9 Å². The summed E-state index contributed by atoms with van der Waals surface area (Å²) in [5.74, 6) is -0.576. The van der Waals surface area contributed by atoms with E-state index in [0.29, 0.717) is 10.7 Å². The molecular formula is C18H19F3N3PbS. The van der Waals surface area contributed by atoms with Crippen molar-refractivity contribution >= 4 is 38.3 Å². The van der Waals surface area contributed by atoms with Crippen LogP contribution in [0.3, 0.4) is 0 Å². The molecule has 0 atom stereocenters. The molecule has 2 N–H and O–H groups in total. The molecule has 2 aromatic rings. The molecule has 0 bridgehead atoms. The van der Waals surface area contributed by atoms with Gasteiger partial charge < -0.3 is 15.5 Å². The molecule has 3 radical (unpaired) electrons. The van der Waals surface area contributed by atoms with Crippen molar-refractivity contribution in [3.63, 3.8) is 0 Å². The summed E-state index contributed by atoms with van der Waals surface area (Å²) in [6.45, 7) is 7.24. The molecule has 2 aromatic carbocycles. The first-order valence-electron chi connectivity index (χ1n) is 7.88. The molecular weight excluding hydrogens is 554 g/mol. The van der Waals surface area contributed by atoms with Crippen molar-refractivity contribution in [3.8, 4) is 0 Å². The molecule has 0 aliphatic carbocycles. The molecule has 1 heterocycles. The number of piperazine rings is 1. The SMILES string of the molecule is C=C(N)N1CCN(c2ccc(F)cc2)CC1.Fc1cc(F)cc([S][Pb])c1. The molecule has 137 valence electrons. The summed E-state index contributed by atoms with van der Waals surface area (Å²) in [7, 11) is 1.46. The van der Waals surface area contributed by atoms with Gasteiger partial charge in [0.1, 0.15) is 5.82 Å². The van der Waals surface area contributed by atoms with E-state index >= 15 is 0 Å². The molecule has 1 aliphatic rings. The maximum atomic E-state index is 12.8. The molecule has 0 unspecified atom stereocenters. The number of nitrogens with two attached hydrogens (primary N) is 1. The maximum absolute atomic E-state index is 12.8. The first-order valence-corrected chi connectivity index (χ1v) is 13.5. The van der Waals surface area contributed by atoms with Gasteiger partial charge in [0.15, 0.2) is 0 Å². The summed E-state index contributed by atoms with van der Waals surface area (Å²) >= 11 is 0.856. The van der Waals surface area contributed by atoms with Crippen LogP contribution in [0.15, 0.2) is 59.8 Å². The third-order valence-corrected chi connectivity index (χ3v) is 7.05. The van der Waals surface area contributed by atoms with E-state index in [1.165, 1.54) is 32.6 Å². The number of rotatable bonds is 3. The van der Waals surface area contributed by atoms with Gasteiger partial charge in [-0.05, 0) is 24.3 Å². The fraction of sp³-hybridized carbons (Fsp3) is 0.222. The number of hydrogen-bond donors (Lipinski definition) is 1. The predicted octanol–water partition coefficient (Wildman–Crippen LogP) is 3.52. The molecule has 8 heteroatoms. The summed E-state index contributed by atoms with van der Waals surface area (Å²) in [5, 5.41) is 0. The molecule has 0 saturated carbocycles. The molecule has 0 aromatic heterocycles. The van der Waals surface area contributed by atoms with E-state index in [-0.39, 0.29) is 5.82 Å². The molecule has 3 rings (SSSR count).